The Morgan fingerprint density at radius 1 is 0.425 bits per heavy atom. The first-order valence-corrected chi connectivity index (χ1v) is 13.8. The number of aryl methyl sites for hydroxylation is 2. The second kappa shape index (κ2) is 8.72. The van der Waals surface area contributed by atoms with Gasteiger partial charge >= 0.3 is 0 Å². The molecule has 0 aliphatic rings. The fourth-order valence-corrected chi connectivity index (χ4v) is 6.52. The highest BCUT2D eigenvalue weighted by Crippen LogP contribution is 2.44. The Morgan fingerprint density at radius 2 is 1.00 bits per heavy atom. The van der Waals surface area contributed by atoms with E-state index < -0.39 is 0 Å². The maximum atomic E-state index is 5.24. The van der Waals surface area contributed by atoms with Crippen LogP contribution < -0.4 is 0 Å². The van der Waals surface area contributed by atoms with Crippen LogP contribution in [-0.2, 0) is 0 Å². The van der Waals surface area contributed by atoms with Crippen LogP contribution in [0, 0.1) is 13.8 Å². The first kappa shape index (κ1) is 22.9. The van der Waals surface area contributed by atoms with Crippen molar-refractivity contribution in [2.24, 2.45) is 0 Å². The van der Waals surface area contributed by atoms with Gasteiger partial charge in [0.2, 0.25) is 0 Å². The molecule has 8 rings (SSSR count). The van der Waals surface area contributed by atoms with Gasteiger partial charge in [-0.2, -0.15) is 0 Å². The largest absolute Gasteiger partial charge is 0.244 e. The van der Waals surface area contributed by atoms with Crippen LogP contribution in [-0.4, -0.2) is 9.97 Å². The fraction of sp³-hybridized carbons (Fsp3) is 0.0526. The third kappa shape index (κ3) is 3.29. The van der Waals surface area contributed by atoms with E-state index >= 15 is 0 Å². The molecule has 188 valence electrons. The lowest BCUT2D eigenvalue weighted by molar-refractivity contribution is 1.28. The molecule has 0 saturated heterocycles. The molecule has 2 heteroatoms. The Labute approximate surface area is 232 Å². The number of hydrogen-bond donors (Lipinski definition) is 0. The van der Waals surface area contributed by atoms with Crippen LogP contribution >= 0.6 is 0 Å². The molecule has 0 fully saturated rings. The molecule has 0 atom stereocenters. The number of aromatic nitrogens is 2. The summed E-state index contributed by atoms with van der Waals surface area (Å²) in [5.41, 5.74) is 8.38. The van der Waals surface area contributed by atoms with Gasteiger partial charge < -0.3 is 0 Å². The van der Waals surface area contributed by atoms with Gasteiger partial charge in [-0.25, -0.2) is 9.97 Å². The maximum Gasteiger partial charge on any atom is 0.0975 e. The van der Waals surface area contributed by atoms with Crippen molar-refractivity contribution in [3.8, 4) is 22.5 Å². The van der Waals surface area contributed by atoms with Crippen LogP contribution in [0.4, 0.5) is 0 Å². The van der Waals surface area contributed by atoms with E-state index in [2.05, 4.69) is 111 Å². The van der Waals surface area contributed by atoms with Crippen LogP contribution in [0.25, 0.3) is 76.6 Å². The van der Waals surface area contributed by atoms with Gasteiger partial charge in [-0.3, -0.25) is 0 Å². The Hall–Kier alpha value is -5.08. The van der Waals surface area contributed by atoms with Crippen molar-refractivity contribution in [2.75, 3.05) is 0 Å². The number of para-hydroxylation sites is 2. The quantitative estimate of drug-likeness (QED) is 0.171. The molecular formula is C38H26N2. The topological polar surface area (TPSA) is 25.8 Å². The lowest BCUT2D eigenvalue weighted by atomic mass is 9.85. The van der Waals surface area contributed by atoms with Crippen molar-refractivity contribution in [3.05, 3.63) is 132 Å². The average molecular weight is 511 g/mol. The second-order valence-electron chi connectivity index (χ2n) is 10.6. The molecule has 40 heavy (non-hydrogen) atoms. The molecule has 1 heterocycles. The van der Waals surface area contributed by atoms with Crippen LogP contribution in [0.3, 0.4) is 0 Å². The zero-order valence-electron chi connectivity index (χ0n) is 22.4. The van der Waals surface area contributed by atoms with Crippen LogP contribution in [0.5, 0.6) is 0 Å². The van der Waals surface area contributed by atoms with Crippen molar-refractivity contribution >= 4 is 54.1 Å². The molecule has 0 unspecified atom stereocenters. The number of nitrogens with zero attached hydrogens (tertiary/aromatic N) is 2. The average Bonchev–Trinajstić information content (AvgIpc) is 3.01. The van der Waals surface area contributed by atoms with Gasteiger partial charge in [-0.15, -0.1) is 0 Å². The normalized spacial score (nSPS) is 11.8. The summed E-state index contributed by atoms with van der Waals surface area (Å²) in [4.78, 5) is 10.4. The zero-order chi connectivity index (χ0) is 26.8. The smallest absolute Gasteiger partial charge is 0.0975 e. The van der Waals surface area contributed by atoms with Gasteiger partial charge in [0.25, 0.3) is 0 Å². The Bertz CT molecular complexity index is 2280. The second-order valence-corrected chi connectivity index (χ2v) is 10.6. The third-order valence-electron chi connectivity index (χ3n) is 8.40. The van der Waals surface area contributed by atoms with Crippen molar-refractivity contribution in [2.45, 2.75) is 13.8 Å². The molecule has 2 nitrogen and oxygen atoms in total. The van der Waals surface area contributed by atoms with Crippen LogP contribution in [0.2, 0.25) is 0 Å². The molecule has 0 spiro atoms. The summed E-state index contributed by atoms with van der Waals surface area (Å²) in [7, 11) is 0. The highest BCUT2D eigenvalue weighted by Gasteiger charge is 2.20. The summed E-state index contributed by atoms with van der Waals surface area (Å²) in [5.74, 6) is 0. The minimum atomic E-state index is 0.905. The van der Waals surface area contributed by atoms with E-state index in [1.165, 1.54) is 54.2 Å². The molecule has 7 aromatic carbocycles. The molecule has 0 aliphatic carbocycles. The predicted octanol–water partition coefficient (Wildman–Crippen LogP) is 10.2. The van der Waals surface area contributed by atoms with E-state index in [9.17, 15) is 0 Å². The molecule has 0 aliphatic heterocycles. The zero-order valence-corrected chi connectivity index (χ0v) is 22.4. The van der Waals surface area contributed by atoms with Gasteiger partial charge in [0.15, 0.2) is 0 Å². The van der Waals surface area contributed by atoms with E-state index in [1.807, 2.05) is 24.3 Å². The van der Waals surface area contributed by atoms with Crippen LogP contribution in [0.1, 0.15) is 11.1 Å². The molecule has 8 aromatic rings. The molecule has 1 aromatic heterocycles. The van der Waals surface area contributed by atoms with Crippen molar-refractivity contribution in [1.29, 1.82) is 0 Å². The van der Waals surface area contributed by atoms with Crippen LogP contribution in [0.15, 0.2) is 121 Å². The fourth-order valence-electron chi connectivity index (χ4n) is 6.52. The van der Waals surface area contributed by atoms with Gasteiger partial charge in [-0.05, 0) is 86.3 Å². The summed E-state index contributed by atoms with van der Waals surface area (Å²) in [5, 5.41) is 10.3. The molecule has 0 amide bonds. The standard InChI is InChI=1S/C38H26N2/c1-23-27-15-7-6-14-26(27)22-32-30-17-9-8-16-29(30)31-21-20-28(24(2)35(31)36(23)32)38-37(25-12-4-3-5-13-25)39-33-18-10-11-19-34(33)40-38/h3-22H,1-2H3. The minimum absolute atomic E-state index is 0.905. The van der Waals surface area contributed by atoms with Gasteiger partial charge in [0.05, 0.1) is 22.4 Å². The third-order valence-corrected chi connectivity index (χ3v) is 8.40. The summed E-state index contributed by atoms with van der Waals surface area (Å²) in [6, 6.07) is 43.0. The van der Waals surface area contributed by atoms with E-state index in [0.717, 1.165) is 33.5 Å². The molecule has 0 saturated carbocycles. The first-order chi connectivity index (χ1) is 19.7. The molecule has 0 radical (unpaired) electrons. The number of rotatable bonds is 2. The first-order valence-electron chi connectivity index (χ1n) is 13.8. The van der Waals surface area contributed by atoms with Crippen molar-refractivity contribution in [1.82, 2.24) is 9.97 Å². The van der Waals surface area contributed by atoms with Gasteiger partial charge in [0, 0.05) is 11.1 Å². The lowest BCUT2D eigenvalue weighted by Crippen LogP contribution is -1.98. The number of hydrogen-bond acceptors (Lipinski definition) is 2. The summed E-state index contributed by atoms with van der Waals surface area (Å²) in [6.45, 7) is 4.53. The highest BCUT2D eigenvalue weighted by molar-refractivity contribution is 6.29. The summed E-state index contributed by atoms with van der Waals surface area (Å²) < 4.78 is 0. The molecular weight excluding hydrogens is 484 g/mol. The Morgan fingerprint density at radius 3 is 1.75 bits per heavy atom. The Kier molecular flexibility index (Phi) is 4.99. The van der Waals surface area contributed by atoms with E-state index in [0.29, 0.717) is 0 Å². The molecule has 0 bridgehead atoms. The monoisotopic (exact) mass is 510 g/mol. The lowest BCUT2D eigenvalue weighted by Gasteiger charge is -2.19. The minimum Gasteiger partial charge on any atom is -0.244 e. The van der Waals surface area contributed by atoms with Gasteiger partial charge in [-0.1, -0.05) is 103 Å². The van der Waals surface area contributed by atoms with E-state index in [4.69, 9.17) is 9.97 Å². The maximum absolute atomic E-state index is 5.24. The van der Waals surface area contributed by atoms with Crippen molar-refractivity contribution < 1.29 is 0 Å². The van der Waals surface area contributed by atoms with E-state index in [1.54, 1.807) is 0 Å². The number of benzene rings is 7. The predicted molar refractivity (Wildman–Crippen MR) is 170 cm³/mol. The SMILES string of the molecule is Cc1c(-c2nc3ccccc3nc2-c2ccccc2)ccc2c3ccccc3c3cc4ccccc4c(C)c3c12. The molecule has 0 N–H and O–H groups in total. The summed E-state index contributed by atoms with van der Waals surface area (Å²) in [6.07, 6.45) is 0. The van der Waals surface area contributed by atoms with E-state index in [-0.39, 0.29) is 0 Å². The summed E-state index contributed by atoms with van der Waals surface area (Å²) >= 11 is 0. The van der Waals surface area contributed by atoms with Crippen molar-refractivity contribution in [3.63, 3.8) is 0 Å². The highest BCUT2D eigenvalue weighted by atomic mass is 14.8. The Balaban J connectivity index is 1.56. The van der Waals surface area contributed by atoms with Gasteiger partial charge in [0.1, 0.15) is 0 Å². The number of fused-ring (bicyclic) bond motifs is 8.